The van der Waals surface area contributed by atoms with E-state index in [0.29, 0.717) is 0 Å². The zero-order valence-corrected chi connectivity index (χ0v) is 10.4. The van der Waals surface area contributed by atoms with Crippen molar-refractivity contribution in [3.05, 3.63) is 0 Å². The number of rotatable bonds is 6. The molecule has 0 bridgehead atoms. The lowest BCUT2D eigenvalue weighted by Gasteiger charge is -2.02. The van der Waals surface area contributed by atoms with E-state index in [1.54, 1.807) is 10.8 Å². The van der Waals surface area contributed by atoms with E-state index in [4.69, 9.17) is 4.89 Å². The van der Waals surface area contributed by atoms with Crippen LogP contribution in [0, 0.1) is 0 Å². The molecule has 0 aliphatic carbocycles. The summed E-state index contributed by atoms with van der Waals surface area (Å²) in [5.41, 5.74) is 0. The highest BCUT2D eigenvalue weighted by Crippen LogP contribution is 2.31. The maximum atomic E-state index is 8.42. The summed E-state index contributed by atoms with van der Waals surface area (Å²) in [4.78, 5) is 16.5. The molecule has 0 radical (unpaired) electrons. The molecule has 0 aliphatic heterocycles. The van der Waals surface area contributed by atoms with Crippen LogP contribution < -0.4 is 0 Å². The van der Waals surface area contributed by atoms with Gasteiger partial charge in [-0.2, -0.15) is 9.35 Å². The molecule has 0 spiro atoms. The van der Waals surface area contributed by atoms with Crippen molar-refractivity contribution < 1.29 is 24.0 Å². The summed E-state index contributed by atoms with van der Waals surface area (Å²) in [6.07, 6.45) is 1.23. The Morgan fingerprint density at radius 1 is 1.31 bits per heavy atom. The van der Waals surface area contributed by atoms with Crippen LogP contribution in [-0.2, 0) is 19.1 Å². The van der Waals surface area contributed by atoms with Crippen molar-refractivity contribution in [1.82, 2.24) is 0 Å². The molecule has 8 heteroatoms. The van der Waals surface area contributed by atoms with Gasteiger partial charge in [0, 0.05) is 5.75 Å². The third-order valence-corrected chi connectivity index (χ3v) is 2.26. The van der Waals surface area contributed by atoms with E-state index in [0.717, 1.165) is 0 Å². The molecule has 1 N–H and O–H groups in total. The predicted octanol–water partition coefficient (Wildman–Crippen LogP) is 2.34. The van der Waals surface area contributed by atoms with E-state index in [1.165, 1.54) is 26.4 Å². The van der Waals surface area contributed by atoms with E-state index in [2.05, 4.69) is 37.7 Å². The van der Waals surface area contributed by atoms with E-state index in [9.17, 15) is 0 Å². The first-order chi connectivity index (χ1) is 6.22. The van der Waals surface area contributed by atoms with Gasteiger partial charge in [-0.25, -0.2) is 9.78 Å². The van der Waals surface area contributed by atoms with Crippen LogP contribution in [0.4, 0.5) is 0 Å². The maximum absolute atomic E-state index is 8.42. The van der Waals surface area contributed by atoms with Gasteiger partial charge in [-0.3, -0.25) is 0 Å². The van der Waals surface area contributed by atoms with Crippen molar-refractivity contribution >= 4 is 31.1 Å². The number of thiol groups is 1. The molecular weight excluding hydrogens is 235 g/mol. The van der Waals surface area contributed by atoms with Crippen molar-refractivity contribution in [3.63, 3.8) is 0 Å². The smallest absolute Gasteiger partial charge is 0.325 e. The van der Waals surface area contributed by atoms with Gasteiger partial charge in [0.25, 0.3) is 0 Å². The molecule has 0 amide bonds. The van der Waals surface area contributed by atoms with Crippen LogP contribution in [0.1, 0.15) is 13.3 Å². The van der Waals surface area contributed by atoms with Gasteiger partial charge in [0.05, 0.1) is 14.2 Å². The Labute approximate surface area is 88.7 Å². The molecule has 13 heavy (non-hydrogen) atoms. The van der Waals surface area contributed by atoms with Crippen LogP contribution in [0.2, 0.25) is 0 Å². The van der Waals surface area contributed by atoms with E-state index in [-0.39, 0.29) is 0 Å². The second-order valence-corrected chi connectivity index (χ2v) is 3.77. The van der Waals surface area contributed by atoms with Crippen LogP contribution in [0.15, 0.2) is 0 Å². The zero-order valence-electron chi connectivity index (χ0n) is 7.80. The fourth-order valence-corrected chi connectivity index (χ4v) is 1.24. The second kappa shape index (κ2) is 15.4. The van der Waals surface area contributed by atoms with Crippen LogP contribution in [-0.4, -0.2) is 24.9 Å². The highest BCUT2D eigenvalue weighted by molar-refractivity contribution is 8.68. The molecule has 0 heterocycles. The van der Waals surface area contributed by atoms with Crippen LogP contribution in [0.25, 0.3) is 0 Å². The standard InChI is InChI=1S/C3H8S2.C2H7O5P/c1-2-3-5-4;1-4-6-8(3)7-5-2/h4H,2-3H2,1H3;3H,1-2H3. The molecule has 82 valence electrons. The quantitative estimate of drug-likeness (QED) is 0.248. The minimum atomic E-state index is -2.03. The molecule has 0 rings (SSSR count). The Morgan fingerprint density at radius 3 is 1.92 bits per heavy atom. The summed E-state index contributed by atoms with van der Waals surface area (Å²) in [7, 11) is 2.08. The van der Waals surface area contributed by atoms with Gasteiger partial charge in [-0.15, -0.1) is 11.7 Å². The van der Waals surface area contributed by atoms with Crippen LogP contribution >= 0.6 is 31.1 Å². The number of hydrogen-bond donors (Lipinski definition) is 2. The predicted molar refractivity (Wildman–Crippen MR) is 57.1 cm³/mol. The van der Waals surface area contributed by atoms with Crippen molar-refractivity contribution in [1.29, 1.82) is 0 Å². The fourth-order valence-electron chi connectivity index (χ4n) is 0.231. The summed E-state index contributed by atoms with van der Waals surface area (Å²) >= 11 is 3.92. The summed E-state index contributed by atoms with van der Waals surface area (Å²) in [6, 6.07) is 0. The second-order valence-electron chi connectivity index (χ2n) is 1.55. The van der Waals surface area contributed by atoms with Gasteiger partial charge < -0.3 is 4.89 Å². The Balaban J connectivity index is 0. The summed E-state index contributed by atoms with van der Waals surface area (Å²) in [5, 5.41) is 0. The monoisotopic (exact) mass is 250 g/mol. The zero-order chi connectivity index (χ0) is 10.5. The molecule has 0 saturated carbocycles. The highest BCUT2D eigenvalue weighted by Gasteiger charge is 2.04. The fraction of sp³-hybridized carbons (Fsp3) is 1.00. The van der Waals surface area contributed by atoms with Gasteiger partial charge in [-0.1, -0.05) is 17.7 Å². The van der Waals surface area contributed by atoms with Gasteiger partial charge in [0.15, 0.2) is 0 Å². The molecular formula is C5H15O5PS2. The van der Waals surface area contributed by atoms with Crippen LogP contribution in [0.5, 0.6) is 0 Å². The Bertz CT molecular complexity index is 81.3. The maximum Gasteiger partial charge on any atom is 0.389 e. The summed E-state index contributed by atoms with van der Waals surface area (Å²) in [5.74, 6) is 1.17. The molecule has 0 saturated heterocycles. The Morgan fingerprint density at radius 2 is 1.77 bits per heavy atom. The summed E-state index contributed by atoms with van der Waals surface area (Å²) in [6.45, 7) is 2.14. The van der Waals surface area contributed by atoms with Crippen molar-refractivity contribution in [2.45, 2.75) is 13.3 Å². The highest BCUT2D eigenvalue weighted by atomic mass is 33.1. The topological polar surface area (TPSA) is 57.2 Å². The third-order valence-electron chi connectivity index (χ3n) is 0.572. The van der Waals surface area contributed by atoms with Crippen molar-refractivity contribution in [3.8, 4) is 0 Å². The molecule has 0 unspecified atom stereocenters. The molecule has 0 fully saturated rings. The van der Waals surface area contributed by atoms with Crippen molar-refractivity contribution in [2.75, 3.05) is 20.0 Å². The first-order valence-corrected chi connectivity index (χ1v) is 6.56. The number of hydrogen-bond acceptors (Lipinski definition) is 7. The largest absolute Gasteiger partial charge is 0.389 e. The lowest BCUT2D eigenvalue weighted by molar-refractivity contribution is -0.242. The summed E-state index contributed by atoms with van der Waals surface area (Å²) < 4.78 is 8.11. The lowest BCUT2D eigenvalue weighted by Crippen LogP contribution is -1.86. The van der Waals surface area contributed by atoms with Crippen LogP contribution in [0.3, 0.4) is 0 Å². The van der Waals surface area contributed by atoms with Gasteiger partial charge in [0.1, 0.15) is 0 Å². The molecule has 0 aliphatic rings. The van der Waals surface area contributed by atoms with E-state index < -0.39 is 8.60 Å². The molecule has 0 atom stereocenters. The third kappa shape index (κ3) is 19.4. The molecule has 5 nitrogen and oxygen atoms in total. The van der Waals surface area contributed by atoms with Crippen molar-refractivity contribution in [2.24, 2.45) is 0 Å². The first-order valence-electron chi connectivity index (χ1n) is 3.39. The lowest BCUT2D eigenvalue weighted by atomic mass is 10.6. The SMILES string of the molecule is CCCSS.COOP(O)OOC. The first kappa shape index (κ1) is 16.4. The van der Waals surface area contributed by atoms with E-state index in [1.807, 2.05) is 0 Å². The van der Waals surface area contributed by atoms with Gasteiger partial charge in [0.2, 0.25) is 0 Å². The van der Waals surface area contributed by atoms with E-state index >= 15 is 0 Å². The normalized spacial score (nSPS) is 9.69. The Hall–Kier alpha value is 0.930. The molecule has 0 aromatic carbocycles. The molecule has 0 aromatic heterocycles. The average molecular weight is 250 g/mol. The minimum absolute atomic E-state index is 1.17. The van der Waals surface area contributed by atoms with Gasteiger partial charge in [-0.05, 0) is 6.42 Å². The molecule has 0 aromatic rings. The average Bonchev–Trinajstić information content (AvgIpc) is 2.08. The minimum Gasteiger partial charge on any atom is -0.325 e. The Kier molecular flexibility index (Phi) is 19.4. The van der Waals surface area contributed by atoms with Gasteiger partial charge >= 0.3 is 8.60 Å².